The van der Waals surface area contributed by atoms with Crippen molar-refractivity contribution in [3.8, 4) is 0 Å². The highest BCUT2D eigenvalue weighted by molar-refractivity contribution is 14.1. The van der Waals surface area contributed by atoms with Gasteiger partial charge in [-0.3, -0.25) is 4.79 Å². The standard InChI is InChI=1S/C12H15IN2O2/c13-9-4-5-11(14-8-9)15-12(16)7-10-3-1-2-6-17-10/h4-5,8,10H,1-3,6-7H2,(H,14,15,16). The Morgan fingerprint density at radius 2 is 2.41 bits per heavy atom. The first kappa shape index (κ1) is 12.8. The van der Waals surface area contributed by atoms with Gasteiger partial charge in [-0.05, 0) is 54.0 Å². The summed E-state index contributed by atoms with van der Waals surface area (Å²) in [6.07, 6.45) is 5.47. The summed E-state index contributed by atoms with van der Waals surface area (Å²) < 4.78 is 6.58. The van der Waals surface area contributed by atoms with Gasteiger partial charge in [-0.25, -0.2) is 4.98 Å². The van der Waals surface area contributed by atoms with E-state index in [-0.39, 0.29) is 12.0 Å². The lowest BCUT2D eigenvalue weighted by molar-refractivity contribution is -0.119. The molecule has 5 heteroatoms. The summed E-state index contributed by atoms with van der Waals surface area (Å²) in [5.41, 5.74) is 0. The molecule has 1 amide bonds. The summed E-state index contributed by atoms with van der Waals surface area (Å²) in [5, 5.41) is 2.78. The van der Waals surface area contributed by atoms with Crippen LogP contribution in [-0.4, -0.2) is 23.6 Å². The zero-order chi connectivity index (χ0) is 12.1. The normalized spacial score (nSPS) is 19.9. The Morgan fingerprint density at radius 3 is 3.06 bits per heavy atom. The number of nitrogens with zero attached hydrogens (tertiary/aromatic N) is 1. The third kappa shape index (κ3) is 4.23. The van der Waals surface area contributed by atoms with E-state index in [0.29, 0.717) is 12.2 Å². The van der Waals surface area contributed by atoms with E-state index < -0.39 is 0 Å². The fourth-order valence-corrected chi connectivity index (χ4v) is 2.14. The Labute approximate surface area is 114 Å². The summed E-state index contributed by atoms with van der Waals surface area (Å²) in [7, 11) is 0. The Hall–Kier alpha value is -0.690. The molecule has 0 aliphatic carbocycles. The number of hydrogen-bond donors (Lipinski definition) is 1. The summed E-state index contributed by atoms with van der Waals surface area (Å²) in [4.78, 5) is 15.9. The van der Waals surface area contributed by atoms with Crippen molar-refractivity contribution < 1.29 is 9.53 Å². The third-order valence-electron chi connectivity index (χ3n) is 2.68. The average Bonchev–Trinajstić information content (AvgIpc) is 2.33. The maximum absolute atomic E-state index is 11.7. The largest absolute Gasteiger partial charge is 0.378 e. The number of carbonyl (C=O) groups is 1. The van der Waals surface area contributed by atoms with Gasteiger partial charge in [0.15, 0.2) is 0 Å². The molecule has 1 unspecified atom stereocenters. The van der Waals surface area contributed by atoms with Crippen molar-refractivity contribution >= 4 is 34.3 Å². The van der Waals surface area contributed by atoms with Gasteiger partial charge in [0.1, 0.15) is 5.82 Å². The van der Waals surface area contributed by atoms with Gasteiger partial charge in [-0.15, -0.1) is 0 Å². The molecule has 92 valence electrons. The molecule has 1 aliphatic rings. The fourth-order valence-electron chi connectivity index (χ4n) is 1.82. The van der Waals surface area contributed by atoms with E-state index in [1.165, 1.54) is 0 Å². The molecule has 1 atom stereocenters. The van der Waals surface area contributed by atoms with Crippen LogP contribution >= 0.6 is 22.6 Å². The molecule has 0 bridgehead atoms. The quantitative estimate of drug-likeness (QED) is 0.856. The molecular formula is C12H15IN2O2. The van der Waals surface area contributed by atoms with E-state index in [2.05, 4.69) is 32.9 Å². The van der Waals surface area contributed by atoms with Crippen LogP contribution in [0, 0.1) is 3.57 Å². The highest BCUT2D eigenvalue weighted by Gasteiger charge is 2.17. The van der Waals surface area contributed by atoms with Crippen LogP contribution in [0.5, 0.6) is 0 Å². The monoisotopic (exact) mass is 346 g/mol. The van der Waals surface area contributed by atoms with Crippen LogP contribution in [0.15, 0.2) is 18.3 Å². The predicted octanol–water partition coefficient (Wildman–Crippen LogP) is 2.58. The molecule has 17 heavy (non-hydrogen) atoms. The van der Waals surface area contributed by atoms with Gasteiger partial charge in [0.2, 0.25) is 5.91 Å². The van der Waals surface area contributed by atoms with Gasteiger partial charge in [-0.1, -0.05) is 0 Å². The van der Waals surface area contributed by atoms with Crippen molar-refractivity contribution in [1.29, 1.82) is 0 Å². The van der Waals surface area contributed by atoms with E-state index in [1.807, 2.05) is 6.07 Å². The summed E-state index contributed by atoms with van der Waals surface area (Å²) in [6, 6.07) is 3.72. The van der Waals surface area contributed by atoms with E-state index in [0.717, 1.165) is 29.4 Å². The first-order valence-corrected chi connectivity index (χ1v) is 6.85. The number of halogens is 1. The summed E-state index contributed by atoms with van der Waals surface area (Å²) in [6.45, 7) is 0.778. The van der Waals surface area contributed by atoms with Gasteiger partial charge in [-0.2, -0.15) is 0 Å². The third-order valence-corrected chi connectivity index (χ3v) is 3.32. The second kappa shape index (κ2) is 6.30. The maximum Gasteiger partial charge on any atom is 0.228 e. The fraction of sp³-hybridized carbons (Fsp3) is 0.500. The average molecular weight is 346 g/mol. The molecule has 1 fully saturated rings. The van der Waals surface area contributed by atoms with Crippen LogP contribution in [0.25, 0.3) is 0 Å². The molecule has 1 N–H and O–H groups in total. The first-order valence-electron chi connectivity index (χ1n) is 5.77. The van der Waals surface area contributed by atoms with Gasteiger partial charge >= 0.3 is 0 Å². The minimum Gasteiger partial charge on any atom is -0.378 e. The second-order valence-corrected chi connectivity index (χ2v) is 5.35. The first-order chi connectivity index (χ1) is 8.24. The number of carbonyl (C=O) groups excluding carboxylic acids is 1. The molecule has 1 saturated heterocycles. The van der Waals surface area contributed by atoms with Crippen LogP contribution in [0.2, 0.25) is 0 Å². The maximum atomic E-state index is 11.7. The lowest BCUT2D eigenvalue weighted by Gasteiger charge is -2.21. The molecule has 0 spiro atoms. The topological polar surface area (TPSA) is 51.2 Å². The molecule has 0 saturated carbocycles. The van der Waals surface area contributed by atoms with Crippen LogP contribution in [-0.2, 0) is 9.53 Å². The Balaban J connectivity index is 1.82. The highest BCUT2D eigenvalue weighted by Crippen LogP contribution is 2.16. The van der Waals surface area contributed by atoms with E-state index in [4.69, 9.17) is 4.74 Å². The van der Waals surface area contributed by atoms with Crippen molar-refractivity contribution in [3.05, 3.63) is 21.9 Å². The SMILES string of the molecule is O=C(CC1CCCCO1)Nc1ccc(I)cn1. The smallest absolute Gasteiger partial charge is 0.228 e. The Kier molecular flexibility index (Phi) is 4.73. The number of nitrogens with one attached hydrogen (secondary N) is 1. The van der Waals surface area contributed by atoms with E-state index in [1.54, 1.807) is 12.3 Å². The van der Waals surface area contributed by atoms with Gasteiger partial charge in [0, 0.05) is 16.4 Å². The summed E-state index contributed by atoms with van der Waals surface area (Å²) >= 11 is 2.18. The molecule has 4 nitrogen and oxygen atoms in total. The predicted molar refractivity (Wildman–Crippen MR) is 73.8 cm³/mol. The van der Waals surface area contributed by atoms with E-state index in [9.17, 15) is 4.79 Å². The molecule has 1 aromatic heterocycles. The number of aromatic nitrogens is 1. The number of hydrogen-bond acceptors (Lipinski definition) is 3. The second-order valence-electron chi connectivity index (χ2n) is 4.10. The number of amides is 1. The lowest BCUT2D eigenvalue weighted by atomic mass is 10.1. The Bertz CT molecular complexity index is 375. The Morgan fingerprint density at radius 1 is 1.53 bits per heavy atom. The molecular weight excluding hydrogens is 331 g/mol. The van der Waals surface area contributed by atoms with Gasteiger partial charge < -0.3 is 10.1 Å². The highest BCUT2D eigenvalue weighted by atomic mass is 127. The zero-order valence-corrected chi connectivity index (χ0v) is 11.6. The van der Waals surface area contributed by atoms with Crippen LogP contribution in [0.3, 0.4) is 0 Å². The van der Waals surface area contributed by atoms with Gasteiger partial charge in [0.25, 0.3) is 0 Å². The number of rotatable bonds is 3. The molecule has 1 aliphatic heterocycles. The van der Waals surface area contributed by atoms with Crippen molar-refractivity contribution in [2.45, 2.75) is 31.8 Å². The minimum absolute atomic E-state index is 0.0226. The van der Waals surface area contributed by atoms with Crippen molar-refractivity contribution in [2.75, 3.05) is 11.9 Å². The number of pyridine rings is 1. The molecule has 0 aromatic carbocycles. The molecule has 1 aromatic rings. The van der Waals surface area contributed by atoms with Crippen molar-refractivity contribution in [2.24, 2.45) is 0 Å². The van der Waals surface area contributed by atoms with Crippen molar-refractivity contribution in [1.82, 2.24) is 4.98 Å². The number of ether oxygens (including phenoxy) is 1. The molecule has 2 rings (SSSR count). The van der Waals surface area contributed by atoms with Crippen LogP contribution < -0.4 is 5.32 Å². The zero-order valence-electron chi connectivity index (χ0n) is 9.49. The lowest BCUT2D eigenvalue weighted by Crippen LogP contribution is -2.25. The molecule has 0 radical (unpaired) electrons. The van der Waals surface area contributed by atoms with Crippen molar-refractivity contribution in [3.63, 3.8) is 0 Å². The van der Waals surface area contributed by atoms with Crippen LogP contribution in [0.4, 0.5) is 5.82 Å². The minimum atomic E-state index is -0.0226. The van der Waals surface area contributed by atoms with Gasteiger partial charge in [0.05, 0.1) is 12.5 Å². The molecule has 2 heterocycles. The summed E-state index contributed by atoms with van der Waals surface area (Å²) in [5.74, 6) is 0.580. The number of anilines is 1. The van der Waals surface area contributed by atoms with E-state index >= 15 is 0 Å². The van der Waals surface area contributed by atoms with Crippen LogP contribution in [0.1, 0.15) is 25.7 Å².